The van der Waals surface area contributed by atoms with E-state index in [0.29, 0.717) is 5.41 Å². The average molecular weight is 278 g/mol. The molecule has 4 heteroatoms. The van der Waals surface area contributed by atoms with Crippen LogP contribution in [0, 0.1) is 65.1 Å². The van der Waals surface area contributed by atoms with Gasteiger partial charge in [0.05, 0.1) is 17.2 Å². The van der Waals surface area contributed by atoms with Gasteiger partial charge in [0.2, 0.25) is 0 Å². The summed E-state index contributed by atoms with van der Waals surface area (Å²) in [5.41, 5.74) is 9.44. The van der Waals surface area contributed by atoms with Gasteiger partial charge in [-0.1, -0.05) is 0 Å². The van der Waals surface area contributed by atoms with Gasteiger partial charge in [-0.25, -0.2) is 4.68 Å². The molecule has 0 unspecified atom stereocenters. The SMILES string of the molecule is Cc1c(C23C4C5C2C2C3C4C52C#N)nn(CC2CC2)c1N. The minimum atomic E-state index is 0.151. The summed E-state index contributed by atoms with van der Waals surface area (Å²) in [7, 11) is 0. The van der Waals surface area contributed by atoms with Gasteiger partial charge in [0.1, 0.15) is 5.82 Å². The largest absolute Gasteiger partial charge is 0.384 e. The minimum absolute atomic E-state index is 0.151. The molecule has 0 amide bonds. The first-order chi connectivity index (χ1) is 10.2. The molecule has 0 aliphatic heterocycles. The number of rotatable bonds is 3. The summed E-state index contributed by atoms with van der Waals surface area (Å²) in [6, 6.07) is 2.68. The van der Waals surface area contributed by atoms with E-state index in [9.17, 15) is 5.26 Å². The molecule has 0 aromatic carbocycles. The lowest BCUT2D eigenvalue weighted by molar-refractivity contribution is -0.611. The monoisotopic (exact) mass is 278 g/mol. The molecule has 2 N–H and O–H groups in total. The zero-order valence-electron chi connectivity index (χ0n) is 12.1. The third-order valence-corrected chi connectivity index (χ3v) is 8.60. The topological polar surface area (TPSA) is 67.6 Å². The number of anilines is 1. The van der Waals surface area contributed by atoms with E-state index in [0.717, 1.165) is 53.8 Å². The summed E-state index contributed by atoms with van der Waals surface area (Å²) in [6.07, 6.45) is 2.67. The number of hydrogen-bond acceptors (Lipinski definition) is 3. The highest BCUT2D eigenvalue weighted by Crippen LogP contribution is 3.09. The van der Waals surface area contributed by atoms with Crippen LogP contribution in [0.4, 0.5) is 5.82 Å². The van der Waals surface area contributed by atoms with Crippen LogP contribution in [0.25, 0.3) is 0 Å². The summed E-state index contributed by atoms with van der Waals surface area (Å²) >= 11 is 0. The molecule has 21 heavy (non-hydrogen) atoms. The number of nitriles is 1. The molecular weight excluding hydrogens is 260 g/mol. The van der Waals surface area contributed by atoms with Gasteiger partial charge in [0.25, 0.3) is 0 Å². The molecule has 0 bridgehead atoms. The normalized spacial score (nSPS) is 58.9. The van der Waals surface area contributed by atoms with Crippen LogP contribution in [0.2, 0.25) is 0 Å². The first-order valence-corrected chi connectivity index (χ1v) is 8.43. The maximum atomic E-state index is 9.49. The van der Waals surface area contributed by atoms with Gasteiger partial charge < -0.3 is 5.73 Å². The Balaban J connectivity index is 1.33. The van der Waals surface area contributed by atoms with Gasteiger partial charge in [-0.05, 0) is 61.2 Å². The van der Waals surface area contributed by atoms with Gasteiger partial charge in [-0.2, -0.15) is 10.4 Å². The third kappa shape index (κ3) is 0.615. The molecule has 1 aromatic rings. The van der Waals surface area contributed by atoms with E-state index < -0.39 is 0 Å². The van der Waals surface area contributed by atoms with E-state index in [2.05, 4.69) is 17.7 Å². The summed E-state index contributed by atoms with van der Waals surface area (Å²) < 4.78 is 2.09. The summed E-state index contributed by atoms with van der Waals surface area (Å²) in [5, 5.41) is 14.5. The number of nitrogens with two attached hydrogens (primary N) is 1. The van der Waals surface area contributed by atoms with Crippen LogP contribution < -0.4 is 5.73 Å². The summed E-state index contributed by atoms with van der Waals surface area (Å²) in [6.45, 7) is 3.18. The molecule has 7 fully saturated rings. The Morgan fingerprint density at radius 1 is 1.24 bits per heavy atom. The molecule has 7 saturated carbocycles. The lowest BCUT2D eigenvalue weighted by atomic mass is 8.92. The smallest absolute Gasteiger partial charge is 0.124 e. The van der Waals surface area contributed by atoms with Crippen molar-refractivity contribution in [1.82, 2.24) is 9.78 Å². The van der Waals surface area contributed by atoms with Crippen molar-refractivity contribution in [1.29, 1.82) is 5.26 Å². The standard InChI is InChI=1S/C17H18N4/c1-6-14(20-21(15(6)19)4-7-2-3-7)17-11-8-12(17)10-13(17)9(11)16(8,10)5-18/h7-13H,2-4,19H2,1H3. The van der Waals surface area contributed by atoms with E-state index in [1.807, 2.05) is 0 Å². The number of nitrogen functional groups attached to an aromatic ring is 1. The highest BCUT2D eigenvalue weighted by atomic mass is 15.3. The first-order valence-electron chi connectivity index (χ1n) is 8.43. The van der Waals surface area contributed by atoms with Crippen molar-refractivity contribution in [2.24, 2.45) is 46.8 Å². The fourth-order valence-electron chi connectivity index (χ4n) is 7.88. The van der Waals surface area contributed by atoms with Crippen molar-refractivity contribution in [3.05, 3.63) is 11.3 Å². The van der Waals surface area contributed by atoms with Gasteiger partial charge in [0, 0.05) is 17.5 Å². The fraction of sp³-hybridized carbons (Fsp3) is 0.765. The minimum Gasteiger partial charge on any atom is -0.384 e. The predicted octanol–water partition coefficient (Wildman–Crippen LogP) is 1.70. The van der Waals surface area contributed by atoms with Gasteiger partial charge in [-0.3, -0.25) is 0 Å². The van der Waals surface area contributed by atoms with Crippen molar-refractivity contribution >= 4 is 5.82 Å². The van der Waals surface area contributed by atoms with E-state index >= 15 is 0 Å². The van der Waals surface area contributed by atoms with E-state index in [-0.39, 0.29) is 5.41 Å². The second-order valence-electron chi connectivity index (χ2n) is 8.62. The molecule has 8 rings (SSSR count). The van der Waals surface area contributed by atoms with Crippen LogP contribution in [0.15, 0.2) is 0 Å². The number of nitrogens with zero attached hydrogens (tertiary/aromatic N) is 3. The van der Waals surface area contributed by atoms with Crippen molar-refractivity contribution in [2.45, 2.75) is 31.7 Å². The lowest BCUT2D eigenvalue weighted by Gasteiger charge is -3.09. The van der Waals surface area contributed by atoms with Crippen molar-refractivity contribution in [2.75, 3.05) is 5.73 Å². The maximum absolute atomic E-state index is 9.49. The van der Waals surface area contributed by atoms with E-state index in [4.69, 9.17) is 10.8 Å². The van der Waals surface area contributed by atoms with Crippen LogP contribution in [0.3, 0.4) is 0 Å². The molecule has 0 atom stereocenters. The highest BCUT2D eigenvalue weighted by Gasteiger charge is 3.11. The molecule has 4 nitrogen and oxygen atoms in total. The van der Waals surface area contributed by atoms with Crippen LogP contribution in [0.1, 0.15) is 24.1 Å². The average Bonchev–Trinajstić information content (AvgIpc) is 3.29. The van der Waals surface area contributed by atoms with Gasteiger partial charge in [0.15, 0.2) is 0 Å². The van der Waals surface area contributed by atoms with Crippen LogP contribution in [0.5, 0.6) is 0 Å². The molecule has 1 aromatic heterocycles. The van der Waals surface area contributed by atoms with Crippen LogP contribution >= 0.6 is 0 Å². The van der Waals surface area contributed by atoms with Crippen molar-refractivity contribution in [3.8, 4) is 6.07 Å². The first kappa shape index (κ1) is 10.3. The number of aromatic nitrogens is 2. The molecular formula is C17H18N4. The van der Waals surface area contributed by atoms with Gasteiger partial charge >= 0.3 is 0 Å². The lowest BCUT2D eigenvalue weighted by Crippen LogP contribution is -3.11. The Morgan fingerprint density at radius 3 is 2.38 bits per heavy atom. The predicted molar refractivity (Wildman–Crippen MR) is 74.8 cm³/mol. The Kier molecular flexibility index (Phi) is 1.18. The zero-order chi connectivity index (χ0) is 13.9. The summed E-state index contributed by atoms with van der Waals surface area (Å²) in [5.74, 6) is 6.29. The second-order valence-corrected chi connectivity index (χ2v) is 8.62. The quantitative estimate of drug-likeness (QED) is 0.915. The molecule has 0 saturated heterocycles. The third-order valence-electron chi connectivity index (χ3n) is 8.60. The molecule has 0 radical (unpaired) electrons. The Bertz CT molecular complexity index is 739. The molecule has 7 aliphatic carbocycles. The highest BCUT2D eigenvalue weighted by molar-refractivity contribution is 5.66. The van der Waals surface area contributed by atoms with E-state index in [1.54, 1.807) is 0 Å². The number of hydrogen-bond donors (Lipinski definition) is 1. The van der Waals surface area contributed by atoms with Gasteiger partial charge in [-0.15, -0.1) is 0 Å². The molecule has 1 heterocycles. The Hall–Kier alpha value is -1.50. The van der Waals surface area contributed by atoms with Crippen LogP contribution in [-0.2, 0) is 12.0 Å². The zero-order valence-corrected chi connectivity index (χ0v) is 12.1. The molecule has 0 spiro atoms. The second kappa shape index (κ2) is 2.41. The van der Waals surface area contributed by atoms with Crippen LogP contribution in [-0.4, -0.2) is 9.78 Å². The fourth-order valence-corrected chi connectivity index (χ4v) is 7.88. The van der Waals surface area contributed by atoms with Crippen molar-refractivity contribution in [3.63, 3.8) is 0 Å². The van der Waals surface area contributed by atoms with E-state index in [1.165, 1.54) is 24.1 Å². The molecule has 106 valence electrons. The van der Waals surface area contributed by atoms with Crippen molar-refractivity contribution < 1.29 is 0 Å². The Morgan fingerprint density at radius 2 is 1.86 bits per heavy atom. The Labute approximate surface area is 123 Å². The molecule has 7 aliphatic rings. The summed E-state index contributed by atoms with van der Waals surface area (Å²) in [4.78, 5) is 0. The maximum Gasteiger partial charge on any atom is 0.124 e.